The normalized spacial score (nSPS) is 15.6. The lowest BCUT2D eigenvalue weighted by atomic mass is 9.99. The molecule has 1 aliphatic rings. The first-order valence-corrected chi connectivity index (χ1v) is 4.78. The van der Waals surface area contributed by atoms with Crippen molar-refractivity contribution in [1.82, 2.24) is 0 Å². The van der Waals surface area contributed by atoms with Crippen molar-refractivity contribution in [2.24, 2.45) is 5.92 Å². The first-order chi connectivity index (χ1) is 7.58. The summed E-state index contributed by atoms with van der Waals surface area (Å²) in [6, 6.07) is 6.04. The molecule has 1 fully saturated rings. The SMILES string of the molecule is O=C([O-])C1CN(c2ccc([N+](=O)[O-])cc2)C1. The molecule has 1 aromatic carbocycles. The zero-order valence-electron chi connectivity index (χ0n) is 8.33. The Bertz CT molecular complexity index is 423. The summed E-state index contributed by atoms with van der Waals surface area (Å²) in [5, 5.41) is 20.9. The molecular formula is C10H9N2O4-. The van der Waals surface area contributed by atoms with Crippen LogP contribution in [-0.4, -0.2) is 24.0 Å². The van der Waals surface area contributed by atoms with Crippen molar-refractivity contribution < 1.29 is 14.8 Å². The van der Waals surface area contributed by atoms with Crippen LogP contribution in [0.4, 0.5) is 11.4 Å². The largest absolute Gasteiger partial charge is 0.550 e. The van der Waals surface area contributed by atoms with Gasteiger partial charge in [-0.3, -0.25) is 10.1 Å². The summed E-state index contributed by atoms with van der Waals surface area (Å²) in [5.74, 6) is -1.48. The number of hydrogen-bond acceptors (Lipinski definition) is 5. The summed E-state index contributed by atoms with van der Waals surface area (Å²) < 4.78 is 0. The first kappa shape index (κ1) is 10.4. The van der Waals surface area contributed by atoms with E-state index in [0.29, 0.717) is 13.1 Å². The van der Waals surface area contributed by atoms with E-state index in [4.69, 9.17) is 0 Å². The fourth-order valence-corrected chi connectivity index (χ4v) is 1.62. The fraction of sp³-hybridized carbons (Fsp3) is 0.300. The first-order valence-electron chi connectivity index (χ1n) is 4.78. The lowest BCUT2D eigenvalue weighted by Crippen LogP contribution is -2.54. The van der Waals surface area contributed by atoms with Crippen LogP contribution in [0.1, 0.15) is 0 Å². The van der Waals surface area contributed by atoms with Gasteiger partial charge in [-0.1, -0.05) is 0 Å². The Morgan fingerprint density at radius 1 is 1.31 bits per heavy atom. The number of nitro benzene ring substituents is 1. The maximum Gasteiger partial charge on any atom is 0.269 e. The molecular weight excluding hydrogens is 212 g/mol. The average molecular weight is 221 g/mol. The molecule has 0 bridgehead atoms. The Hall–Kier alpha value is -2.11. The minimum Gasteiger partial charge on any atom is -0.550 e. The van der Waals surface area contributed by atoms with Crippen molar-refractivity contribution in [1.29, 1.82) is 0 Å². The average Bonchev–Trinajstić information content (AvgIpc) is 2.15. The van der Waals surface area contributed by atoms with Gasteiger partial charge in [-0.25, -0.2) is 0 Å². The van der Waals surface area contributed by atoms with E-state index >= 15 is 0 Å². The van der Waals surface area contributed by atoms with Gasteiger partial charge in [0.15, 0.2) is 0 Å². The minimum atomic E-state index is -1.04. The molecule has 0 aliphatic carbocycles. The molecule has 0 atom stereocenters. The quantitative estimate of drug-likeness (QED) is 0.520. The van der Waals surface area contributed by atoms with E-state index in [2.05, 4.69) is 0 Å². The van der Waals surface area contributed by atoms with Gasteiger partial charge >= 0.3 is 0 Å². The molecule has 0 amide bonds. The highest BCUT2D eigenvalue weighted by atomic mass is 16.6. The summed E-state index contributed by atoms with van der Waals surface area (Å²) in [4.78, 5) is 22.3. The molecule has 1 aromatic rings. The molecule has 0 aromatic heterocycles. The Morgan fingerprint density at radius 2 is 1.88 bits per heavy atom. The van der Waals surface area contributed by atoms with Crippen molar-refractivity contribution >= 4 is 17.3 Å². The number of rotatable bonds is 3. The zero-order chi connectivity index (χ0) is 11.7. The standard InChI is InChI=1S/C10H10N2O4/c13-10(14)7-5-11(6-7)8-1-3-9(4-2-8)12(15)16/h1-4,7H,5-6H2,(H,13,14)/p-1. The van der Waals surface area contributed by atoms with E-state index in [1.54, 1.807) is 12.1 Å². The number of carbonyl (C=O) groups is 1. The Labute approximate surface area is 91.3 Å². The summed E-state index contributed by atoms with van der Waals surface area (Å²) in [6.45, 7) is 0.806. The lowest BCUT2D eigenvalue weighted by molar-refractivity contribution is -0.384. The van der Waals surface area contributed by atoms with Crippen LogP contribution in [0, 0.1) is 16.0 Å². The van der Waals surface area contributed by atoms with Crippen LogP contribution in [0.5, 0.6) is 0 Å². The molecule has 0 unspecified atom stereocenters. The lowest BCUT2D eigenvalue weighted by Gasteiger charge is -2.41. The maximum absolute atomic E-state index is 10.5. The van der Waals surface area contributed by atoms with Gasteiger partial charge in [0.2, 0.25) is 0 Å². The number of benzene rings is 1. The van der Waals surface area contributed by atoms with Gasteiger partial charge in [-0.15, -0.1) is 0 Å². The van der Waals surface area contributed by atoms with Crippen molar-refractivity contribution in [3.8, 4) is 0 Å². The number of aliphatic carboxylic acids is 1. The van der Waals surface area contributed by atoms with E-state index in [1.165, 1.54) is 12.1 Å². The summed E-state index contributed by atoms with van der Waals surface area (Å²) in [6.07, 6.45) is 0. The van der Waals surface area contributed by atoms with Gasteiger partial charge in [0.25, 0.3) is 5.69 Å². The second-order valence-electron chi connectivity index (χ2n) is 3.69. The third-order valence-corrected chi connectivity index (χ3v) is 2.64. The molecule has 0 saturated carbocycles. The van der Waals surface area contributed by atoms with E-state index < -0.39 is 16.8 Å². The summed E-state index contributed by atoms with van der Waals surface area (Å²) in [5.41, 5.74) is 0.823. The fourth-order valence-electron chi connectivity index (χ4n) is 1.62. The molecule has 1 heterocycles. The van der Waals surface area contributed by atoms with Crippen LogP contribution in [0.2, 0.25) is 0 Å². The number of nitro groups is 1. The third-order valence-electron chi connectivity index (χ3n) is 2.64. The molecule has 2 rings (SSSR count). The molecule has 0 radical (unpaired) electrons. The van der Waals surface area contributed by atoms with Crippen LogP contribution >= 0.6 is 0 Å². The van der Waals surface area contributed by atoms with Crippen molar-refractivity contribution in [3.05, 3.63) is 34.4 Å². The highest BCUT2D eigenvalue weighted by molar-refractivity contribution is 5.72. The molecule has 6 heteroatoms. The van der Waals surface area contributed by atoms with Gasteiger partial charge in [0, 0.05) is 42.8 Å². The van der Waals surface area contributed by atoms with E-state index in [9.17, 15) is 20.0 Å². The van der Waals surface area contributed by atoms with Gasteiger partial charge < -0.3 is 14.8 Å². The summed E-state index contributed by atoms with van der Waals surface area (Å²) >= 11 is 0. The van der Waals surface area contributed by atoms with Crippen LogP contribution in [-0.2, 0) is 4.79 Å². The molecule has 6 nitrogen and oxygen atoms in total. The van der Waals surface area contributed by atoms with Crippen molar-refractivity contribution in [2.75, 3.05) is 18.0 Å². The number of carbonyl (C=O) groups excluding carboxylic acids is 1. The van der Waals surface area contributed by atoms with Gasteiger partial charge in [0.05, 0.1) is 4.92 Å². The predicted octanol–water partition coefficient (Wildman–Crippen LogP) is -0.219. The predicted molar refractivity (Wildman–Crippen MR) is 53.8 cm³/mol. The smallest absolute Gasteiger partial charge is 0.269 e. The monoisotopic (exact) mass is 221 g/mol. The second kappa shape index (κ2) is 3.80. The molecule has 16 heavy (non-hydrogen) atoms. The van der Waals surface area contributed by atoms with Gasteiger partial charge in [-0.05, 0) is 12.1 Å². The number of hydrogen-bond donors (Lipinski definition) is 0. The van der Waals surface area contributed by atoms with E-state index in [1.807, 2.05) is 4.90 Å². The van der Waals surface area contributed by atoms with Gasteiger partial charge in [-0.2, -0.15) is 0 Å². The number of carboxylic acid groups (broad SMARTS) is 1. The molecule has 1 saturated heterocycles. The highest BCUT2D eigenvalue weighted by Gasteiger charge is 2.27. The number of anilines is 1. The minimum absolute atomic E-state index is 0.0284. The third kappa shape index (κ3) is 1.81. The molecule has 0 spiro atoms. The van der Waals surface area contributed by atoms with E-state index in [0.717, 1.165) is 5.69 Å². The molecule has 1 aliphatic heterocycles. The number of nitrogens with zero attached hydrogens (tertiary/aromatic N) is 2. The highest BCUT2D eigenvalue weighted by Crippen LogP contribution is 2.25. The number of non-ortho nitro benzene ring substituents is 1. The van der Waals surface area contributed by atoms with E-state index in [-0.39, 0.29) is 5.69 Å². The Morgan fingerprint density at radius 3 is 2.31 bits per heavy atom. The van der Waals surface area contributed by atoms with Crippen molar-refractivity contribution in [3.63, 3.8) is 0 Å². The van der Waals surface area contributed by atoms with Crippen LogP contribution < -0.4 is 10.0 Å². The Kier molecular flexibility index (Phi) is 2.47. The van der Waals surface area contributed by atoms with Crippen LogP contribution in [0.25, 0.3) is 0 Å². The molecule has 0 N–H and O–H groups in total. The van der Waals surface area contributed by atoms with Crippen LogP contribution in [0.15, 0.2) is 24.3 Å². The maximum atomic E-state index is 10.5. The van der Waals surface area contributed by atoms with Crippen LogP contribution in [0.3, 0.4) is 0 Å². The Balaban J connectivity index is 2.02. The van der Waals surface area contributed by atoms with Gasteiger partial charge in [0.1, 0.15) is 0 Å². The summed E-state index contributed by atoms with van der Waals surface area (Å²) in [7, 11) is 0. The molecule has 84 valence electrons. The topological polar surface area (TPSA) is 86.5 Å². The second-order valence-corrected chi connectivity index (χ2v) is 3.69. The van der Waals surface area contributed by atoms with Crippen molar-refractivity contribution in [2.45, 2.75) is 0 Å². The number of carboxylic acids is 1. The zero-order valence-corrected chi connectivity index (χ0v) is 8.33.